The van der Waals surface area contributed by atoms with Crippen LogP contribution >= 0.6 is 0 Å². The monoisotopic (exact) mass is 227 g/mol. The van der Waals surface area contributed by atoms with E-state index in [1.54, 1.807) is 13.0 Å². The largest absolute Gasteiger partial charge is 0.463 e. The van der Waals surface area contributed by atoms with Gasteiger partial charge in [-0.2, -0.15) is 0 Å². The van der Waals surface area contributed by atoms with Gasteiger partial charge in [0.25, 0.3) is 0 Å². The van der Waals surface area contributed by atoms with E-state index in [0.29, 0.717) is 13.2 Å². The first-order valence-electron chi connectivity index (χ1n) is 5.84. The molecule has 4 heteroatoms. The fraction of sp³-hybridized carbons (Fsp3) is 0.750. The molecule has 1 rings (SSSR count). The van der Waals surface area contributed by atoms with E-state index in [4.69, 9.17) is 9.47 Å². The molecule has 1 aliphatic heterocycles. The summed E-state index contributed by atoms with van der Waals surface area (Å²) in [6.45, 7) is 6.67. The molecule has 0 aromatic rings. The fourth-order valence-electron chi connectivity index (χ4n) is 1.74. The summed E-state index contributed by atoms with van der Waals surface area (Å²) in [7, 11) is 0. The lowest BCUT2D eigenvalue weighted by atomic mass is 10.0. The third kappa shape index (κ3) is 4.77. The average molecular weight is 227 g/mol. The molecule has 16 heavy (non-hydrogen) atoms. The number of esters is 1. The van der Waals surface area contributed by atoms with Crippen molar-refractivity contribution in [3.63, 3.8) is 0 Å². The van der Waals surface area contributed by atoms with Crippen LogP contribution in [0, 0.1) is 0 Å². The van der Waals surface area contributed by atoms with Crippen LogP contribution in [0.5, 0.6) is 0 Å². The van der Waals surface area contributed by atoms with Gasteiger partial charge in [-0.05, 0) is 26.7 Å². The Labute approximate surface area is 97.0 Å². The molecule has 1 N–H and O–H groups in total. The van der Waals surface area contributed by atoms with Crippen LogP contribution in [-0.2, 0) is 14.3 Å². The molecule has 0 radical (unpaired) electrons. The maximum atomic E-state index is 11.0. The van der Waals surface area contributed by atoms with Crippen LogP contribution < -0.4 is 5.32 Å². The summed E-state index contributed by atoms with van der Waals surface area (Å²) in [6, 6.07) is 0. The highest BCUT2D eigenvalue weighted by Gasteiger charge is 2.28. The van der Waals surface area contributed by atoms with Crippen molar-refractivity contribution < 1.29 is 14.3 Å². The Kier molecular flexibility index (Phi) is 5.49. The summed E-state index contributed by atoms with van der Waals surface area (Å²) in [5, 5.41) is 3.25. The minimum atomic E-state index is -0.285. The maximum absolute atomic E-state index is 11.0. The van der Waals surface area contributed by atoms with Crippen molar-refractivity contribution in [2.75, 3.05) is 26.3 Å². The molecule has 0 bridgehead atoms. The quantitative estimate of drug-likeness (QED) is 0.421. The smallest absolute Gasteiger partial charge is 0.330 e. The van der Waals surface area contributed by atoms with E-state index in [9.17, 15) is 4.79 Å². The molecule has 1 saturated heterocycles. The second-order valence-electron chi connectivity index (χ2n) is 4.19. The molecule has 0 spiro atoms. The Bertz CT molecular complexity index is 245. The molecule has 92 valence electrons. The third-order valence-electron chi connectivity index (χ3n) is 2.60. The zero-order chi connectivity index (χ0) is 11.9. The predicted molar refractivity (Wildman–Crippen MR) is 62.2 cm³/mol. The van der Waals surface area contributed by atoms with E-state index < -0.39 is 0 Å². The maximum Gasteiger partial charge on any atom is 0.330 e. The van der Waals surface area contributed by atoms with Gasteiger partial charge in [-0.1, -0.05) is 6.08 Å². The third-order valence-corrected chi connectivity index (χ3v) is 2.60. The van der Waals surface area contributed by atoms with E-state index in [-0.39, 0.29) is 11.6 Å². The first-order chi connectivity index (χ1) is 7.66. The second kappa shape index (κ2) is 6.66. The normalized spacial score (nSPS) is 25.1. The van der Waals surface area contributed by atoms with Crippen LogP contribution in [0.1, 0.15) is 26.7 Å². The molecule has 1 aliphatic rings. The van der Waals surface area contributed by atoms with Crippen molar-refractivity contribution in [3.05, 3.63) is 12.2 Å². The number of carbonyl (C=O) groups excluding carboxylic acids is 1. The minimum Gasteiger partial charge on any atom is -0.463 e. The Balaban J connectivity index is 2.09. The molecule has 0 aromatic heterocycles. The summed E-state index contributed by atoms with van der Waals surface area (Å²) in [5.41, 5.74) is -0.0300. The molecule has 0 saturated carbocycles. The van der Waals surface area contributed by atoms with Crippen LogP contribution in [0.3, 0.4) is 0 Å². The summed E-state index contributed by atoms with van der Waals surface area (Å²) in [6.07, 6.45) is 5.46. The SMILES string of the molecule is CCOC(=O)/C=C/CNCC1(C)CCCO1. The second-order valence-corrected chi connectivity index (χ2v) is 4.19. The summed E-state index contributed by atoms with van der Waals surface area (Å²) in [5.74, 6) is -0.285. The summed E-state index contributed by atoms with van der Waals surface area (Å²) < 4.78 is 10.4. The van der Waals surface area contributed by atoms with E-state index >= 15 is 0 Å². The van der Waals surface area contributed by atoms with E-state index in [0.717, 1.165) is 26.0 Å². The van der Waals surface area contributed by atoms with Crippen LogP contribution in [-0.4, -0.2) is 37.9 Å². The van der Waals surface area contributed by atoms with Crippen LogP contribution in [0.4, 0.5) is 0 Å². The van der Waals surface area contributed by atoms with Crippen molar-refractivity contribution in [1.82, 2.24) is 5.32 Å². The first-order valence-corrected chi connectivity index (χ1v) is 5.84. The Morgan fingerprint density at radius 1 is 1.62 bits per heavy atom. The molecule has 0 amide bonds. The first kappa shape index (κ1) is 13.2. The van der Waals surface area contributed by atoms with Crippen molar-refractivity contribution in [1.29, 1.82) is 0 Å². The zero-order valence-corrected chi connectivity index (χ0v) is 10.1. The highest BCUT2D eigenvalue weighted by molar-refractivity contribution is 5.81. The predicted octanol–water partition coefficient (Wildman–Crippen LogP) is 1.26. The molecular weight excluding hydrogens is 206 g/mol. The standard InChI is InChI=1S/C12H21NO3/c1-3-15-11(14)6-4-8-13-10-12(2)7-5-9-16-12/h4,6,13H,3,5,7-10H2,1-2H3/b6-4+. The van der Waals surface area contributed by atoms with E-state index in [1.807, 2.05) is 0 Å². The number of hydrogen-bond donors (Lipinski definition) is 1. The van der Waals surface area contributed by atoms with Gasteiger partial charge in [-0.3, -0.25) is 0 Å². The van der Waals surface area contributed by atoms with Gasteiger partial charge in [-0.25, -0.2) is 4.79 Å². The van der Waals surface area contributed by atoms with Gasteiger partial charge in [0.1, 0.15) is 0 Å². The van der Waals surface area contributed by atoms with E-state index in [1.165, 1.54) is 6.08 Å². The molecule has 0 aromatic carbocycles. The molecular formula is C12H21NO3. The Hall–Kier alpha value is -0.870. The van der Waals surface area contributed by atoms with Gasteiger partial charge in [0, 0.05) is 25.8 Å². The lowest BCUT2D eigenvalue weighted by Crippen LogP contribution is -2.37. The topological polar surface area (TPSA) is 47.6 Å². The highest BCUT2D eigenvalue weighted by Crippen LogP contribution is 2.23. The lowest BCUT2D eigenvalue weighted by Gasteiger charge is -2.22. The number of nitrogens with one attached hydrogen (secondary N) is 1. The Morgan fingerprint density at radius 2 is 2.44 bits per heavy atom. The van der Waals surface area contributed by atoms with Gasteiger partial charge >= 0.3 is 5.97 Å². The molecule has 1 unspecified atom stereocenters. The number of carbonyl (C=O) groups is 1. The Morgan fingerprint density at radius 3 is 3.06 bits per heavy atom. The molecule has 4 nitrogen and oxygen atoms in total. The number of rotatable bonds is 6. The number of ether oxygens (including phenoxy) is 2. The molecule has 1 atom stereocenters. The molecule has 1 heterocycles. The van der Waals surface area contributed by atoms with Crippen molar-refractivity contribution in [2.45, 2.75) is 32.3 Å². The van der Waals surface area contributed by atoms with Gasteiger partial charge in [0.15, 0.2) is 0 Å². The molecule has 0 aliphatic carbocycles. The van der Waals surface area contributed by atoms with Gasteiger partial charge in [0.2, 0.25) is 0 Å². The lowest BCUT2D eigenvalue weighted by molar-refractivity contribution is -0.137. The number of hydrogen-bond acceptors (Lipinski definition) is 4. The average Bonchev–Trinajstić information content (AvgIpc) is 2.65. The van der Waals surface area contributed by atoms with Crippen LogP contribution in [0.15, 0.2) is 12.2 Å². The van der Waals surface area contributed by atoms with Gasteiger partial charge in [-0.15, -0.1) is 0 Å². The van der Waals surface area contributed by atoms with Crippen molar-refractivity contribution >= 4 is 5.97 Å². The van der Waals surface area contributed by atoms with Gasteiger partial charge < -0.3 is 14.8 Å². The summed E-state index contributed by atoms with van der Waals surface area (Å²) in [4.78, 5) is 11.0. The van der Waals surface area contributed by atoms with E-state index in [2.05, 4.69) is 12.2 Å². The molecule has 1 fully saturated rings. The van der Waals surface area contributed by atoms with Crippen molar-refractivity contribution in [3.8, 4) is 0 Å². The summed E-state index contributed by atoms with van der Waals surface area (Å²) >= 11 is 0. The van der Waals surface area contributed by atoms with Gasteiger partial charge in [0.05, 0.1) is 12.2 Å². The van der Waals surface area contributed by atoms with Crippen LogP contribution in [0.25, 0.3) is 0 Å². The minimum absolute atomic E-state index is 0.0300. The fourth-order valence-corrected chi connectivity index (χ4v) is 1.74. The highest BCUT2D eigenvalue weighted by atomic mass is 16.5. The zero-order valence-electron chi connectivity index (χ0n) is 10.1. The van der Waals surface area contributed by atoms with Crippen LogP contribution in [0.2, 0.25) is 0 Å². The van der Waals surface area contributed by atoms with Crippen molar-refractivity contribution in [2.24, 2.45) is 0 Å².